The Morgan fingerprint density at radius 1 is 1.08 bits per heavy atom. The summed E-state index contributed by atoms with van der Waals surface area (Å²) in [6, 6.07) is 19.9. The highest BCUT2D eigenvalue weighted by atomic mass is 16.5. The smallest absolute Gasteiger partial charge is 0.0729 e. The van der Waals surface area contributed by atoms with Gasteiger partial charge in [0, 0.05) is 7.11 Å². The van der Waals surface area contributed by atoms with Crippen LogP contribution in [-0.4, -0.2) is 19.8 Å². The van der Waals surface area contributed by atoms with Gasteiger partial charge in [-0.2, -0.15) is 0 Å². The number of hydrazine groups is 1. The highest BCUT2D eigenvalue weighted by Crippen LogP contribution is 2.37. The zero-order chi connectivity index (χ0) is 17.2. The molecule has 24 heavy (non-hydrogen) atoms. The summed E-state index contributed by atoms with van der Waals surface area (Å²) in [4.78, 5) is 0. The highest BCUT2D eigenvalue weighted by Gasteiger charge is 2.34. The molecule has 0 saturated heterocycles. The van der Waals surface area contributed by atoms with Gasteiger partial charge in [0.1, 0.15) is 0 Å². The lowest BCUT2D eigenvalue weighted by Crippen LogP contribution is -2.50. The van der Waals surface area contributed by atoms with Crippen LogP contribution < -0.4 is 10.4 Å². The second-order valence-corrected chi connectivity index (χ2v) is 7.65. The molecule has 1 aliphatic heterocycles. The van der Waals surface area contributed by atoms with Gasteiger partial charge in [-0.15, -0.1) is 0 Å². The molecule has 0 radical (unpaired) electrons. The molecule has 1 aliphatic rings. The average molecular weight is 324 g/mol. The van der Waals surface area contributed by atoms with Crippen LogP contribution in [0.1, 0.15) is 37.9 Å². The molecule has 2 aromatic carbocycles. The average Bonchev–Trinajstić information content (AvgIpc) is 2.90. The van der Waals surface area contributed by atoms with E-state index in [-0.39, 0.29) is 11.5 Å². The van der Waals surface area contributed by atoms with Crippen LogP contribution in [0.5, 0.6) is 0 Å². The van der Waals surface area contributed by atoms with Crippen LogP contribution in [0.3, 0.4) is 0 Å². The number of rotatable bonds is 5. The van der Waals surface area contributed by atoms with Gasteiger partial charge in [-0.1, -0.05) is 69.3 Å². The van der Waals surface area contributed by atoms with E-state index in [0.29, 0.717) is 12.6 Å². The Labute approximate surface area is 145 Å². The van der Waals surface area contributed by atoms with Crippen LogP contribution in [-0.2, 0) is 11.2 Å². The van der Waals surface area contributed by atoms with Crippen molar-refractivity contribution < 1.29 is 4.74 Å². The van der Waals surface area contributed by atoms with Gasteiger partial charge in [0.2, 0.25) is 0 Å². The molecule has 0 amide bonds. The maximum atomic E-state index is 5.48. The van der Waals surface area contributed by atoms with E-state index in [0.717, 1.165) is 6.42 Å². The lowest BCUT2D eigenvalue weighted by Gasteiger charge is -2.39. The Kier molecular flexibility index (Phi) is 4.93. The molecule has 0 saturated carbocycles. The molecule has 3 heteroatoms. The molecule has 0 aliphatic carbocycles. The third kappa shape index (κ3) is 3.47. The van der Waals surface area contributed by atoms with Crippen molar-refractivity contribution in [2.45, 2.75) is 39.3 Å². The van der Waals surface area contributed by atoms with E-state index in [1.807, 2.05) is 0 Å². The van der Waals surface area contributed by atoms with E-state index in [1.54, 1.807) is 7.11 Å². The number of anilines is 1. The summed E-state index contributed by atoms with van der Waals surface area (Å²) in [5.41, 5.74) is 7.87. The van der Waals surface area contributed by atoms with E-state index >= 15 is 0 Å². The number of hydrogen-bond acceptors (Lipinski definition) is 3. The fourth-order valence-electron chi connectivity index (χ4n) is 3.51. The van der Waals surface area contributed by atoms with Crippen LogP contribution >= 0.6 is 0 Å². The third-order valence-electron chi connectivity index (χ3n) is 4.70. The number of nitrogens with zero attached hydrogens (tertiary/aromatic N) is 1. The molecule has 0 fully saturated rings. The second-order valence-electron chi connectivity index (χ2n) is 7.65. The van der Waals surface area contributed by atoms with Gasteiger partial charge in [0.05, 0.1) is 24.4 Å². The Morgan fingerprint density at radius 3 is 2.42 bits per heavy atom. The van der Waals surface area contributed by atoms with E-state index in [4.69, 9.17) is 4.74 Å². The van der Waals surface area contributed by atoms with Gasteiger partial charge < -0.3 is 9.75 Å². The minimum atomic E-state index is 0.0938. The zero-order valence-corrected chi connectivity index (χ0v) is 15.1. The van der Waals surface area contributed by atoms with Crippen molar-refractivity contribution in [1.29, 1.82) is 0 Å². The number of para-hydroxylation sites is 1. The summed E-state index contributed by atoms with van der Waals surface area (Å²) in [5.74, 6) is 0. The number of methoxy groups -OCH3 is 1. The molecule has 2 atom stereocenters. The number of benzene rings is 2. The Morgan fingerprint density at radius 2 is 1.75 bits per heavy atom. The van der Waals surface area contributed by atoms with Crippen LogP contribution in [0, 0.1) is 5.41 Å². The van der Waals surface area contributed by atoms with Crippen molar-refractivity contribution in [3.05, 3.63) is 65.7 Å². The monoisotopic (exact) mass is 324 g/mol. The maximum Gasteiger partial charge on any atom is 0.0729 e. The van der Waals surface area contributed by atoms with Crippen molar-refractivity contribution in [3.8, 4) is 0 Å². The first-order valence-electron chi connectivity index (χ1n) is 8.68. The summed E-state index contributed by atoms with van der Waals surface area (Å²) >= 11 is 0. The quantitative estimate of drug-likeness (QED) is 0.884. The Hall–Kier alpha value is -1.84. The number of ether oxygens (including phenoxy) is 1. The number of nitrogens with one attached hydrogen (secondary N) is 1. The number of fused-ring (bicyclic) bond motifs is 1. The minimum Gasteiger partial charge on any atom is -0.382 e. The van der Waals surface area contributed by atoms with Gasteiger partial charge >= 0.3 is 0 Å². The van der Waals surface area contributed by atoms with Gasteiger partial charge in [-0.3, -0.25) is 0 Å². The first-order chi connectivity index (χ1) is 11.5. The van der Waals surface area contributed by atoms with E-state index in [1.165, 1.54) is 16.8 Å². The van der Waals surface area contributed by atoms with Gasteiger partial charge in [-0.05, 0) is 29.0 Å². The molecule has 1 N–H and O–H groups in total. The van der Waals surface area contributed by atoms with E-state index in [2.05, 4.69) is 85.8 Å². The first-order valence-corrected chi connectivity index (χ1v) is 8.68. The fraction of sp³-hybridized carbons (Fsp3) is 0.429. The minimum absolute atomic E-state index is 0.0938. The normalized spacial score (nSPS) is 18.5. The van der Waals surface area contributed by atoms with Crippen molar-refractivity contribution in [3.63, 3.8) is 0 Å². The molecule has 3 nitrogen and oxygen atoms in total. The molecule has 0 unspecified atom stereocenters. The standard InChI is InChI=1S/C21H28N2O/c1-21(2,3)20(16-10-6-5-7-11-16)22-23-18(15-24-4)14-17-12-8-9-13-19(17)23/h5-13,18,20,22H,14-15H2,1-4H3/t18-,20-/m0/s1. The predicted molar refractivity (Wildman–Crippen MR) is 100 cm³/mol. The summed E-state index contributed by atoms with van der Waals surface area (Å²) in [7, 11) is 1.78. The van der Waals surface area contributed by atoms with Gasteiger partial charge in [-0.25, -0.2) is 5.43 Å². The SMILES string of the molecule is COC[C@@H]1Cc2ccccc2N1N[C@@H](c1ccccc1)C(C)(C)C. The summed E-state index contributed by atoms with van der Waals surface area (Å²) in [5, 5.41) is 2.32. The first kappa shape index (κ1) is 17.0. The largest absolute Gasteiger partial charge is 0.382 e. The van der Waals surface area contributed by atoms with Crippen molar-refractivity contribution in [1.82, 2.24) is 5.43 Å². The highest BCUT2D eigenvalue weighted by molar-refractivity contribution is 5.58. The van der Waals surface area contributed by atoms with Gasteiger partial charge in [0.15, 0.2) is 0 Å². The lowest BCUT2D eigenvalue weighted by atomic mass is 9.83. The summed E-state index contributed by atoms with van der Waals surface area (Å²) < 4.78 is 5.48. The van der Waals surface area contributed by atoms with Crippen molar-refractivity contribution >= 4 is 5.69 Å². The van der Waals surface area contributed by atoms with Crippen LogP contribution in [0.15, 0.2) is 54.6 Å². The van der Waals surface area contributed by atoms with Crippen molar-refractivity contribution in [2.24, 2.45) is 5.41 Å². The molecular formula is C21H28N2O. The molecule has 128 valence electrons. The maximum absolute atomic E-state index is 5.48. The van der Waals surface area contributed by atoms with Crippen LogP contribution in [0.25, 0.3) is 0 Å². The molecule has 0 bridgehead atoms. The zero-order valence-electron chi connectivity index (χ0n) is 15.1. The van der Waals surface area contributed by atoms with Gasteiger partial charge in [0.25, 0.3) is 0 Å². The Bertz CT molecular complexity index is 663. The van der Waals surface area contributed by atoms with Crippen molar-refractivity contribution in [2.75, 3.05) is 18.7 Å². The second kappa shape index (κ2) is 6.96. The topological polar surface area (TPSA) is 24.5 Å². The Balaban J connectivity index is 1.93. The van der Waals surface area contributed by atoms with E-state index in [9.17, 15) is 0 Å². The van der Waals surface area contributed by atoms with Crippen LogP contribution in [0.4, 0.5) is 5.69 Å². The number of hydrogen-bond donors (Lipinski definition) is 1. The summed E-state index contributed by atoms with van der Waals surface area (Å²) in [6.07, 6.45) is 1.02. The fourth-order valence-corrected chi connectivity index (χ4v) is 3.51. The lowest BCUT2D eigenvalue weighted by molar-refractivity contribution is 0.166. The molecule has 1 heterocycles. The molecule has 0 spiro atoms. The van der Waals surface area contributed by atoms with Crippen LogP contribution in [0.2, 0.25) is 0 Å². The molecule has 3 rings (SSSR count). The molecule has 0 aromatic heterocycles. The molecular weight excluding hydrogens is 296 g/mol. The molecule has 2 aromatic rings. The predicted octanol–water partition coefficient (Wildman–Crippen LogP) is 4.36. The van der Waals surface area contributed by atoms with E-state index < -0.39 is 0 Å². The summed E-state index contributed by atoms with van der Waals surface area (Å²) in [6.45, 7) is 7.56. The third-order valence-corrected chi connectivity index (χ3v) is 4.70.